The summed E-state index contributed by atoms with van der Waals surface area (Å²) in [7, 11) is 0. The van der Waals surface area contributed by atoms with Gasteiger partial charge in [0.2, 0.25) is 0 Å². The first-order valence-electron chi connectivity index (χ1n) is 6.38. The van der Waals surface area contributed by atoms with E-state index < -0.39 is 0 Å². The van der Waals surface area contributed by atoms with Crippen molar-refractivity contribution < 1.29 is 9.66 Å². The summed E-state index contributed by atoms with van der Waals surface area (Å²) in [5.41, 5.74) is 1.04. The Hall–Kier alpha value is -0.980. The zero-order valence-electron chi connectivity index (χ0n) is 10.8. The highest BCUT2D eigenvalue weighted by molar-refractivity contribution is 9.10. The zero-order valence-corrected chi connectivity index (χ0v) is 12.4. The van der Waals surface area contributed by atoms with Crippen LogP contribution >= 0.6 is 15.9 Å². The fourth-order valence-corrected chi connectivity index (χ4v) is 2.57. The largest absolute Gasteiger partial charge is 0.378 e. The maximum absolute atomic E-state index is 10.8. The third kappa shape index (κ3) is 3.75. The minimum atomic E-state index is -0.373. The molecule has 0 radical (unpaired) electrons. The van der Waals surface area contributed by atoms with E-state index in [2.05, 4.69) is 21.2 Å². The van der Waals surface area contributed by atoms with Crippen LogP contribution in [0.25, 0.3) is 0 Å². The molecule has 1 saturated carbocycles. The third-order valence-corrected chi connectivity index (χ3v) is 3.97. The summed E-state index contributed by atoms with van der Waals surface area (Å²) in [5, 5.41) is 14.2. The van der Waals surface area contributed by atoms with Gasteiger partial charge in [-0.25, -0.2) is 0 Å². The fourth-order valence-electron chi connectivity index (χ4n) is 2.17. The molecule has 0 aliphatic heterocycles. The predicted octanol–water partition coefficient (Wildman–Crippen LogP) is 3.01. The van der Waals surface area contributed by atoms with Crippen molar-refractivity contribution >= 4 is 21.6 Å². The number of nitro benzene ring substituents is 1. The second kappa shape index (κ2) is 6.45. The number of hydrogen-bond donors (Lipinski definition) is 1. The summed E-state index contributed by atoms with van der Waals surface area (Å²) < 4.78 is 6.01. The number of halogens is 1. The maximum Gasteiger partial charge on any atom is 0.283 e. The van der Waals surface area contributed by atoms with Gasteiger partial charge < -0.3 is 10.1 Å². The van der Waals surface area contributed by atoms with Crippen LogP contribution in [-0.4, -0.2) is 23.7 Å². The lowest BCUT2D eigenvalue weighted by Gasteiger charge is -2.35. The number of nitrogens with one attached hydrogen (secondary N) is 1. The molecule has 2 rings (SSSR count). The van der Waals surface area contributed by atoms with E-state index >= 15 is 0 Å². The lowest BCUT2D eigenvalue weighted by atomic mass is 9.89. The topological polar surface area (TPSA) is 64.4 Å². The molecule has 0 heterocycles. The van der Waals surface area contributed by atoms with E-state index in [1.54, 1.807) is 12.1 Å². The lowest BCUT2D eigenvalue weighted by molar-refractivity contribution is -0.385. The summed E-state index contributed by atoms with van der Waals surface area (Å²) >= 11 is 3.18. The summed E-state index contributed by atoms with van der Waals surface area (Å²) in [6, 6.07) is 5.68. The van der Waals surface area contributed by atoms with E-state index in [4.69, 9.17) is 4.74 Å². The smallest absolute Gasteiger partial charge is 0.283 e. The number of hydrogen-bond acceptors (Lipinski definition) is 4. The molecule has 0 atom stereocenters. The maximum atomic E-state index is 10.8. The normalized spacial score (nSPS) is 22.0. The first kappa shape index (κ1) is 14.4. The Labute approximate surface area is 120 Å². The van der Waals surface area contributed by atoms with Crippen molar-refractivity contribution in [1.82, 2.24) is 5.32 Å². The number of ether oxygens (including phenoxy) is 1. The highest BCUT2D eigenvalue weighted by atomic mass is 79.9. The Kier molecular flexibility index (Phi) is 4.90. The summed E-state index contributed by atoms with van der Waals surface area (Å²) in [6.07, 6.45) is 2.42. The molecule has 1 aliphatic carbocycles. The highest BCUT2D eigenvalue weighted by Gasteiger charge is 2.28. The summed E-state index contributed by atoms with van der Waals surface area (Å²) in [5.74, 6) is 0. The van der Waals surface area contributed by atoms with Crippen LogP contribution in [0, 0.1) is 10.1 Å². The number of nitrogens with zero attached hydrogens (tertiary/aromatic N) is 1. The fraction of sp³-hybridized carbons (Fsp3) is 0.538. The molecule has 1 fully saturated rings. The van der Waals surface area contributed by atoms with Gasteiger partial charge in [-0.3, -0.25) is 10.1 Å². The molecular formula is C13H17BrN2O3. The molecule has 104 valence electrons. The second-order valence-electron chi connectivity index (χ2n) is 4.67. The number of benzene rings is 1. The molecule has 0 unspecified atom stereocenters. The molecule has 0 aromatic heterocycles. The van der Waals surface area contributed by atoms with Crippen molar-refractivity contribution in [3.8, 4) is 0 Å². The lowest BCUT2D eigenvalue weighted by Crippen LogP contribution is -2.45. The van der Waals surface area contributed by atoms with Gasteiger partial charge in [0.25, 0.3) is 5.69 Å². The van der Waals surface area contributed by atoms with E-state index in [-0.39, 0.29) is 10.6 Å². The zero-order chi connectivity index (χ0) is 13.8. The number of nitro groups is 1. The highest BCUT2D eigenvalue weighted by Crippen LogP contribution is 2.27. The van der Waals surface area contributed by atoms with Crippen LogP contribution in [0.4, 0.5) is 5.69 Å². The van der Waals surface area contributed by atoms with Crippen molar-refractivity contribution in [2.24, 2.45) is 0 Å². The van der Waals surface area contributed by atoms with Gasteiger partial charge in [0.15, 0.2) is 0 Å². The predicted molar refractivity (Wildman–Crippen MR) is 76.1 cm³/mol. The molecular weight excluding hydrogens is 312 g/mol. The average Bonchev–Trinajstić information content (AvgIpc) is 2.33. The van der Waals surface area contributed by atoms with Gasteiger partial charge >= 0.3 is 0 Å². The first-order chi connectivity index (χ1) is 9.10. The molecule has 1 aromatic rings. The van der Waals surface area contributed by atoms with Crippen LogP contribution in [0.2, 0.25) is 0 Å². The van der Waals surface area contributed by atoms with Crippen LogP contribution in [0.5, 0.6) is 0 Å². The molecule has 6 heteroatoms. The van der Waals surface area contributed by atoms with Gasteiger partial charge in [-0.1, -0.05) is 6.07 Å². The van der Waals surface area contributed by atoms with Gasteiger partial charge in [0.05, 0.1) is 15.5 Å². The van der Waals surface area contributed by atoms with Crippen molar-refractivity contribution in [1.29, 1.82) is 0 Å². The Morgan fingerprint density at radius 3 is 2.89 bits per heavy atom. The Balaban J connectivity index is 1.84. The van der Waals surface area contributed by atoms with Crippen molar-refractivity contribution in [3.63, 3.8) is 0 Å². The van der Waals surface area contributed by atoms with E-state index in [1.807, 2.05) is 13.0 Å². The standard InChI is InChI=1S/C13H17BrN2O3/c1-2-19-11-6-10(7-11)15-8-9-3-4-12(14)13(5-9)16(17)18/h3-5,10-11,15H,2,6-8H2,1H3. The monoisotopic (exact) mass is 328 g/mol. The van der Waals surface area contributed by atoms with Gasteiger partial charge in [-0.2, -0.15) is 0 Å². The first-order valence-corrected chi connectivity index (χ1v) is 7.17. The molecule has 0 spiro atoms. The summed E-state index contributed by atoms with van der Waals surface area (Å²) in [4.78, 5) is 10.5. The average molecular weight is 329 g/mol. The second-order valence-corrected chi connectivity index (χ2v) is 5.52. The van der Waals surface area contributed by atoms with Crippen LogP contribution in [0.1, 0.15) is 25.3 Å². The van der Waals surface area contributed by atoms with Gasteiger partial charge in [-0.15, -0.1) is 0 Å². The molecule has 0 bridgehead atoms. The molecule has 19 heavy (non-hydrogen) atoms. The van der Waals surface area contributed by atoms with E-state index in [0.717, 1.165) is 25.0 Å². The van der Waals surface area contributed by atoms with Gasteiger partial charge in [0.1, 0.15) is 0 Å². The molecule has 0 saturated heterocycles. The third-order valence-electron chi connectivity index (χ3n) is 3.30. The van der Waals surface area contributed by atoms with Crippen LogP contribution < -0.4 is 5.32 Å². The summed E-state index contributed by atoms with van der Waals surface area (Å²) in [6.45, 7) is 3.41. The van der Waals surface area contributed by atoms with Gasteiger partial charge in [0, 0.05) is 25.3 Å². The van der Waals surface area contributed by atoms with E-state index in [1.165, 1.54) is 0 Å². The molecule has 1 aromatic carbocycles. The van der Waals surface area contributed by atoms with Gasteiger partial charge in [-0.05, 0) is 47.3 Å². The minimum Gasteiger partial charge on any atom is -0.378 e. The molecule has 1 N–H and O–H groups in total. The molecule has 1 aliphatic rings. The van der Waals surface area contributed by atoms with Crippen molar-refractivity contribution in [3.05, 3.63) is 38.3 Å². The van der Waals surface area contributed by atoms with E-state index in [9.17, 15) is 10.1 Å². The van der Waals surface area contributed by atoms with E-state index in [0.29, 0.717) is 23.2 Å². The molecule has 0 amide bonds. The quantitative estimate of drug-likeness (QED) is 0.644. The number of rotatable bonds is 6. The van der Waals surface area contributed by atoms with Crippen LogP contribution in [0.3, 0.4) is 0 Å². The Morgan fingerprint density at radius 1 is 1.53 bits per heavy atom. The molecule has 5 nitrogen and oxygen atoms in total. The Bertz CT molecular complexity index is 461. The van der Waals surface area contributed by atoms with Crippen LogP contribution in [-0.2, 0) is 11.3 Å². The van der Waals surface area contributed by atoms with Crippen molar-refractivity contribution in [2.45, 2.75) is 38.5 Å². The van der Waals surface area contributed by atoms with Crippen molar-refractivity contribution in [2.75, 3.05) is 6.61 Å². The Morgan fingerprint density at radius 2 is 2.26 bits per heavy atom. The SMILES string of the molecule is CCOC1CC(NCc2ccc(Br)c([N+](=O)[O-])c2)C1. The van der Waals surface area contributed by atoms with Crippen LogP contribution in [0.15, 0.2) is 22.7 Å². The minimum absolute atomic E-state index is 0.111.